The molecule has 0 unspecified atom stereocenters. The SMILES string of the molecule is Cc1ccccc1CNC(=O)C1=NN(Cc2ccccc2)C(=O)CC1. The van der Waals surface area contributed by atoms with Gasteiger partial charge in [0.2, 0.25) is 5.91 Å². The van der Waals surface area contributed by atoms with Crippen molar-refractivity contribution in [3.05, 3.63) is 71.3 Å². The molecule has 1 aliphatic heterocycles. The maximum absolute atomic E-state index is 12.4. The zero-order chi connectivity index (χ0) is 17.6. The maximum atomic E-state index is 12.4. The number of hydrogen-bond donors (Lipinski definition) is 1. The first-order valence-electron chi connectivity index (χ1n) is 8.38. The van der Waals surface area contributed by atoms with E-state index in [1.807, 2.05) is 61.5 Å². The molecule has 0 radical (unpaired) electrons. The number of rotatable bonds is 5. The highest BCUT2D eigenvalue weighted by Crippen LogP contribution is 2.14. The average molecular weight is 335 g/mol. The Kier molecular flexibility index (Phi) is 5.23. The van der Waals surface area contributed by atoms with E-state index < -0.39 is 0 Å². The van der Waals surface area contributed by atoms with Gasteiger partial charge in [-0.25, -0.2) is 5.01 Å². The van der Waals surface area contributed by atoms with Crippen molar-refractivity contribution < 1.29 is 9.59 Å². The van der Waals surface area contributed by atoms with Gasteiger partial charge in [-0.05, 0) is 23.6 Å². The molecule has 128 valence electrons. The molecule has 1 heterocycles. The fourth-order valence-electron chi connectivity index (χ4n) is 2.73. The van der Waals surface area contributed by atoms with E-state index in [-0.39, 0.29) is 11.8 Å². The molecule has 5 nitrogen and oxygen atoms in total. The fourth-order valence-corrected chi connectivity index (χ4v) is 2.73. The first-order valence-corrected chi connectivity index (χ1v) is 8.38. The normalized spacial score (nSPS) is 14.2. The Balaban J connectivity index is 1.66. The predicted octanol–water partition coefficient (Wildman–Crippen LogP) is 2.79. The Hall–Kier alpha value is -2.95. The molecule has 3 rings (SSSR count). The second kappa shape index (κ2) is 7.75. The van der Waals surface area contributed by atoms with Crippen LogP contribution in [0, 0.1) is 6.92 Å². The fraction of sp³-hybridized carbons (Fsp3) is 0.250. The molecule has 0 spiro atoms. The van der Waals surface area contributed by atoms with Gasteiger partial charge in [-0.2, -0.15) is 5.10 Å². The summed E-state index contributed by atoms with van der Waals surface area (Å²) in [4.78, 5) is 24.5. The van der Waals surface area contributed by atoms with Crippen LogP contribution in [0.5, 0.6) is 0 Å². The quantitative estimate of drug-likeness (QED) is 0.913. The summed E-state index contributed by atoms with van der Waals surface area (Å²) in [5, 5.41) is 8.57. The molecule has 2 aromatic carbocycles. The minimum atomic E-state index is -0.214. The first-order chi connectivity index (χ1) is 12.1. The number of carbonyl (C=O) groups excluding carboxylic acids is 2. The van der Waals surface area contributed by atoms with Gasteiger partial charge in [0.25, 0.3) is 5.91 Å². The van der Waals surface area contributed by atoms with E-state index >= 15 is 0 Å². The van der Waals surface area contributed by atoms with Crippen molar-refractivity contribution in [2.45, 2.75) is 32.9 Å². The summed E-state index contributed by atoms with van der Waals surface area (Å²) in [5.41, 5.74) is 3.60. The molecule has 0 aromatic heterocycles. The van der Waals surface area contributed by atoms with Gasteiger partial charge in [-0.15, -0.1) is 0 Å². The van der Waals surface area contributed by atoms with E-state index in [1.54, 1.807) is 0 Å². The van der Waals surface area contributed by atoms with Gasteiger partial charge in [0.1, 0.15) is 5.71 Å². The summed E-state index contributed by atoms with van der Waals surface area (Å²) in [6, 6.07) is 17.6. The molecule has 5 heteroatoms. The van der Waals surface area contributed by atoms with E-state index in [0.717, 1.165) is 16.7 Å². The Morgan fingerprint density at radius 1 is 1.08 bits per heavy atom. The topological polar surface area (TPSA) is 61.8 Å². The number of aryl methyl sites for hydroxylation is 1. The first kappa shape index (κ1) is 16.9. The summed E-state index contributed by atoms with van der Waals surface area (Å²) in [5.74, 6) is -0.270. The van der Waals surface area contributed by atoms with Crippen LogP contribution in [0.3, 0.4) is 0 Å². The lowest BCUT2D eigenvalue weighted by Crippen LogP contribution is -2.38. The van der Waals surface area contributed by atoms with Crippen LogP contribution in [0.15, 0.2) is 59.7 Å². The lowest BCUT2D eigenvalue weighted by Gasteiger charge is -2.23. The number of hydrazone groups is 1. The molecule has 1 N–H and O–H groups in total. The largest absolute Gasteiger partial charge is 0.347 e. The Morgan fingerprint density at radius 2 is 1.80 bits per heavy atom. The lowest BCUT2D eigenvalue weighted by molar-refractivity contribution is -0.132. The predicted molar refractivity (Wildman–Crippen MR) is 96.7 cm³/mol. The van der Waals surface area contributed by atoms with Crippen molar-refractivity contribution >= 4 is 17.5 Å². The maximum Gasteiger partial charge on any atom is 0.267 e. The third-order valence-corrected chi connectivity index (χ3v) is 4.24. The molecule has 0 fully saturated rings. The molecule has 1 aliphatic rings. The van der Waals surface area contributed by atoms with Crippen molar-refractivity contribution in [3.63, 3.8) is 0 Å². The third-order valence-electron chi connectivity index (χ3n) is 4.24. The minimum Gasteiger partial charge on any atom is -0.347 e. The highest BCUT2D eigenvalue weighted by Gasteiger charge is 2.24. The van der Waals surface area contributed by atoms with Gasteiger partial charge in [0, 0.05) is 19.4 Å². The van der Waals surface area contributed by atoms with Crippen LogP contribution in [0.25, 0.3) is 0 Å². The monoisotopic (exact) mass is 335 g/mol. The Labute approximate surface area is 147 Å². The van der Waals surface area contributed by atoms with Crippen LogP contribution in [0.1, 0.15) is 29.5 Å². The second-order valence-electron chi connectivity index (χ2n) is 6.09. The summed E-state index contributed by atoms with van der Waals surface area (Å²) in [6.45, 7) is 2.85. The molecule has 25 heavy (non-hydrogen) atoms. The Bertz CT molecular complexity index is 800. The van der Waals surface area contributed by atoms with Crippen LogP contribution < -0.4 is 5.32 Å². The highest BCUT2D eigenvalue weighted by molar-refractivity contribution is 6.39. The highest BCUT2D eigenvalue weighted by atomic mass is 16.2. The number of hydrogen-bond acceptors (Lipinski definition) is 3. The lowest BCUT2D eigenvalue weighted by atomic mass is 10.1. The average Bonchev–Trinajstić information content (AvgIpc) is 2.63. The van der Waals surface area contributed by atoms with Gasteiger partial charge in [0.05, 0.1) is 6.54 Å². The molecule has 0 atom stereocenters. The van der Waals surface area contributed by atoms with Crippen molar-refractivity contribution in [1.29, 1.82) is 0 Å². The molecular formula is C20H21N3O2. The zero-order valence-electron chi connectivity index (χ0n) is 14.2. The summed E-state index contributed by atoms with van der Waals surface area (Å²) >= 11 is 0. The third kappa shape index (κ3) is 4.32. The zero-order valence-corrected chi connectivity index (χ0v) is 14.2. The van der Waals surface area contributed by atoms with Gasteiger partial charge in [0.15, 0.2) is 0 Å². The van der Waals surface area contributed by atoms with Crippen LogP contribution in [0.2, 0.25) is 0 Å². The molecule has 0 bridgehead atoms. The van der Waals surface area contributed by atoms with Crippen molar-refractivity contribution in [1.82, 2.24) is 10.3 Å². The smallest absolute Gasteiger partial charge is 0.267 e. The molecule has 0 saturated heterocycles. The van der Waals surface area contributed by atoms with Crippen LogP contribution in [-0.2, 0) is 22.7 Å². The number of carbonyl (C=O) groups is 2. The molecular weight excluding hydrogens is 314 g/mol. The molecule has 2 aromatic rings. The number of amides is 2. The van der Waals surface area contributed by atoms with Crippen LogP contribution in [-0.4, -0.2) is 22.5 Å². The molecule has 2 amide bonds. The summed E-state index contributed by atoms with van der Waals surface area (Å²) in [7, 11) is 0. The van der Waals surface area contributed by atoms with Crippen molar-refractivity contribution in [2.75, 3.05) is 0 Å². The molecule has 0 saturated carbocycles. The van der Waals surface area contributed by atoms with Gasteiger partial charge >= 0.3 is 0 Å². The van der Waals surface area contributed by atoms with E-state index in [4.69, 9.17) is 0 Å². The van der Waals surface area contributed by atoms with Gasteiger partial charge in [-0.1, -0.05) is 54.6 Å². The van der Waals surface area contributed by atoms with Gasteiger partial charge < -0.3 is 5.32 Å². The Morgan fingerprint density at radius 3 is 2.56 bits per heavy atom. The standard InChI is InChI=1S/C20H21N3O2/c1-15-7-5-6-10-17(15)13-21-20(25)18-11-12-19(24)23(22-18)14-16-8-3-2-4-9-16/h2-10H,11-14H2,1H3,(H,21,25). The summed E-state index contributed by atoms with van der Waals surface area (Å²) < 4.78 is 0. The number of benzene rings is 2. The molecule has 0 aliphatic carbocycles. The van der Waals surface area contributed by atoms with Crippen molar-refractivity contribution in [2.24, 2.45) is 5.10 Å². The number of nitrogens with zero attached hydrogens (tertiary/aromatic N) is 2. The van der Waals surface area contributed by atoms with E-state index in [9.17, 15) is 9.59 Å². The minimum absolute atomic E-state index is 0.0562. The van der Waals surface area contributed by atoms with Gasteiger partial charge in [-0.3, -0.25) is 9.59 Å². The van der Waals surface area contributed by atoms with E-state index in [2.05, 4.69) is 10.4 Å². The summed E-state index contributed by atoms with van der Waals surface area (Å²) in [6.07, 6.45) is 0.688. The van der Waals surface area contributed by atoms with Crippen molar-refractivity contribution in [3.8, 4) is 0 Å². The van der Waals surface area contributed by atoms with Crippen LogP contribution in [0.4, 0.5) is 0 Å². The number of nitrogens with one attached hydrogen (secondary N) is 1. The van der Waals surface area contributed by atoms with Crippen LogP contribution >= 0.6 is 0 Å². The second-order valence-corrected chi connectivity index (χ2v) is 6.09. The van der Waals surface area contributed by atoms with E-state index in [0.29, 0.717) is 31.6 Å². The van der Waals surface area contributed by atoms with E-state index in [1.165, 1.54) is 5.01 Å².